The molecule has 1 aromatic heterocycles. The van der Waals surface area contributed by atoms with Crippen molar-refractivity contribution in [1.82, 2.24) is 19.6 Å². The van der Waals surface area contributed by atoms with Crippen LogP contribution in [-0.2, 0) is 6.54 Å². The van der Waals surface area contributed by atoms with Crippen molar-refractivity contribution in [1.29, 1.82) is 0 Å². The first-order valence-corrected chi connectivity index (χ1v) is 7.21. The third-order valence-electron chi connectivity index (χ3n) is 4.04. The molecule has 0 spiro atoms. The second-order valence-electron chi connectivity index (χ2n) is 5.74. The highest BCUT2D eigenvalue weighted by Gasteiger charge is 2.31. The van der Waals surface area contributed by atoms with Crippen LogP contribution >= 0.6 is 0 Å². The van der Waals surface area contributed by atoms with Gasteiger partial charge in [0.1, 0.15) is 12.2 Å². The molecule has 1 amide bonds. The second-order valence-corrected chi connectivity index (χ2v) is 5.74. The lowest BCUT2D eigenvalue weighted by Gasteiger charge is -2.26. The molecule has 21 heavy (non-hydrogen) atoms. The van der Waals surface area contributed by atoms with Crippen molar-refractivity contribution in [3.8, 4) is 0 Å². The number of amides is 1. The van der Waals surface area contributed by atoms with Gasteiger partial charge in [0.15, 0.2) is 0 Å². The summed E-state index contributed by atoms with van der Waals surface area (Å²) in [5.74, 6) is -0.247. The molecule has 2 heterocycles. The molecule has 0 aromatic carbocycles. The summed E-state index contributed by atoms with van der Waals surface area (Å²) < 4.78 is 26.1. The Labute approximate surface area is 123 Å². The predicted molar refractivity (Wildman–Crippen MR) is 75.4 cm³/mol. The summed E-state index contributed by atoms with van der Waals surface area (Å²) in [6.45, 7) is 5.48. The summed E-state index contributed by atoms with van der Waals surface area (Å²) in [5, 5.41) is 3.81. The third-order valence-corrected chi connectivity index (χ3v) is 4.04. The van der Waals surface area contributed by atoms with E-state index in [1.165, 1.54) is 12.3 Å². The smallest absolute Gasteiger partial charge is 0.272 e. The molecule has 0 saturated carbocycles. The Balaban J connectivity index is 2.05. The van der Waals surface area contributed by atoms with Crippen LogP contribution in [0.25, 0.3) is 0 Å². The van der Waals surface area contributed by atoms with Gasteiger partial charge in [0.2, 0.25) is 0 Å². The quantitative estimate of drug-likeness (QED) is 0.831. The molecule has 0 aliphatic carbocycles. The molecule has 2 rings (SSSR count). The molecular formula is C14H22F2N4O. The minimum absolute atomic E-state index is 0.120. The van der Waals surface area contributed by atoms with Crippen LogP contribution in [0.4, 0.5) is 8.78 Å². The number of rotatable bonds is 5. The van der Waals surface area contributed by atoms with Crippen LogP contribution in [0.5, 0.6) is 0 Å². The van der Waals surface area contributed by atoms with Gasteiger partial charge in [-0.25, -0.2) is 8.78 Å². The number of hydrogen-bond acceptors (Lipinski definition) is 3. The molecule has 1 unspecified atom stereocenters. The first-order valence-electron chi connectivity index (χ1n) is 7.21. The molecule has 0 N–H and O–H groups in total. The van der Waals surface area contributed by atoms with E-state index in [-0.39, 0.29) is 17.6 Å². The molecule has 1 atom stereocenters. The molecule has 1 aliphatic heterocycles. The average Bonchev–Trinajstić information content (AvgIpc) is 3.04. The lowest BCUT2D eigenvalue weighted by molar-refractivity contribution is 0.0707. The predicted octanol–water partition coefficient (Wildman–Crippen LogP) is 1.70. The van der Waals surface area contributed by atoms with Crippen LogP contribution in [0.2, 0.25) is 0 Å². The topological polar surface area (TPSA) is 41.4 Å². The van der Waals surface area contributed by atoms with E-state index < -0.39 is 13.0 Å². The number of nitrogens with zero attached hydrogens (tertiary/aromatic N) is 4. The Morgan fingerprint density at radius 2 is 2.24 bits per heavy atom. The highest BCUT2D eigenvalue weighted by molar-refractivity contribution is 5.92. The lowest BCUT2D eigenvalue weighted by Crippen LogP contribution is -2.41. The van der Waals surface area contributed by atoms with Gasteiger partial charge in [-0.05, 0) is 26.3 Å². The molecule has 0 radical (unpaired) electrons. The first-order chi connectivity index (χ1) is 9.90. The Morgan fingerprint density at radius 3 is 2.81 bits per heavy atom. The van der Waals surface area contributed by atoms with Gasteiger partial charge in [-0.3, -0.25) is 14.4 Å². The number of carbonyl (C=O) groups is 1. The van der Waals surface area contributed by atoms with Gasteiger partial charge >= 0.3 is 0 Å². The second kappa shape index (κ2) is 6.51. The van der Waals surface area contributed by atoms with Crippen LogP contribution in [0, 0.1) is 0 Å². The Bertz CT molecular complexity index is 489. The monoisotopic (exact) mass is 300 g/mol. The van der Waals surface area contributed by atoms with E-state index >= 15 is 0 Å². The van der Waals surface area contributed by atoms with E-state index in [0.29, 0.717) is 6.04 Å². The van der Waals surface area contributed by atoms with E-state index in [9.17, 15) is 13.6 Å². The van der Waals surface area contributed by atoms with Crippen LogP contribution in [0.15, 0.2) is 12.3 Å². The van der Waals surface area contributed by atoms with Gasteiger partial charge in [-0.15, -0.1) is 0 Å². The van der Waals surface area contributed by atoms with Crippen molar-refractivity contribution < 1.29 is 13.6 Å². The Kier molecular flexibility index (Phi) is 4.92. The van der Waals surface area contributed by atoms with Crippen LogP contribution in [0.3, 0.4) is 0 Å². The van der Waals surface area contributed by atoms with Crippen molar-refractivity contribution in [3.63, 3.8) is 0 Å². The van der Waals surface area contributed by atoms with E-state index in [1.54, 1.807) is 11.9 Å². The summed E-state index contributed by atoms with van der Waals surface area (Å²) in [7, 11) is 1.73. The molecule has 1 fully saturated rings. The van der Waals surface area contributed by atoms with Crippen molar-refractivity contribution in [2.75, 3.05) is 20.1 Å². The fraction of sp³-hybridized carbons (Fsp3) is 0.714. The maximum atomic E-state index is 12.5. The Hall–Kier alpha value is -1.50. The van der Waals surface area contributed by atoms with Gasteiger partial charge in [0.25, 0.3) is 12.3 Å². The molecule has 7 heteroatoms. The molecule has 1 aliphatic rings. The van der Waals surface area contributed by atoms with Gasteiger partial charge in [0, 0.05) is 38.4 Å². The highest BCUT2D eigenvalue weighted by Crippen LogP contribution is 2.18. The summed E-state index contributed by atoms with van der Waals surface area (Å²) in [5.41, 5.74) is 0.223. The first kappa shape index (κ1) is 15.9. The van der Waals surface area contributed by atoms with E-state index in [2.05, 4.69) is 23.8 Å². The number of hydrogen-bond donors (Lipinski definition) is 0. The number of likely N-dealkylation sites (tertiary alicyclic amines) is 1. The Morgan fingerprint density at radius 1 is 1.52 bits per heavy atom. The van der Waals surface area contributed by atoms with E-state index in [0.717, 1.165) is 24.2 Å². The number of likely N-dealkylation sites (N-methyl/N-ethyl adjacent to an activating group) is 1. The number of aromatic nitrogens is 2. The van der Waals surface area contributed by atoms with E-state index in [1.807, 2.05) is 0 Å². The van der Waals surface area contributed by atoms with Gasteiger partial charge < -0.3 is 4.90 Å². The van der Waals surface area contributed by atoms with Crippen molar-refractivity contribution in [3.05, 3.63) is 18.0 Å². The summed E-state index contributed by atoms with van der Waals surface area (Å²) in [4.78, 5) is 16.4. The standard InChI is InChI=1S/C14H22F2N4O/c1-10(2)19-7-5-11(8-19)18(3)14(21)12-4-6-17-20(12)9-13(15)16/h4,6,10-11,13H,5,7-9H2,1-3H3. The molecule has 5 nitrogen and oxygen atoms in total. The molecule has 1 aromatic rings. The normalized spacial score (nSPS) is 19.7. The maximum absolute atomic E-state index is 12.5. The minimum Gasteiger partial charge on any atom is -0.336 e. The lowest BCUT2D eigenvalue weighted by atomic mass is 10.2. The van der Waals surface area contributed by atoms with Crippen molar-refractivity contribution >= 4 is 5.91 Å². The summed E-state index contributed by atoms with van der Waals surface area (Å²) in [6.07, 6.45) is -0.230. The van der Waals surface area contributed by atoms with Crippen LogP contribution in [-0.4, -0.2) is 64.1 Å². The minimum atomic E-state index is -2.52. The van der Waals surface area contributed by atoms with Gasteiger partial charge in [0.05, 0.1) is 0 Å². The fourth-order valence-corrected chi connectivity index (χ4v) is 2.69. The largest absolute Gasteiger partial charge is 0.336 e. The molecule has 118 valence electrons. The number of halogens is 2. The molecule has 1 saturated heterocycles. The summed E-state index contributed by atoms with van der Waals surface area (Å²) >= 11 is 0. The zero-order valence-electron chi connectivity index (χ0n) is 12.7. The third kappa shape index (κ3) is 3.58. The molecular weight excluding hydrogens is 278 g/mol. The zero-order chi connectivity index (χ0) is 15.6. The maximum Gasteiger partial charge on any atom is 0.272 e. The van der Waals surface area contributed by atoms with Gasteiger partial charge in [-0.1, -0.05) is 0 Å². The summed E-state index contributed by atoms with van der Waals surface area (Å²) in [6, 6.07) is 2.06. The van der Waals surface area contributed by atoms with Crippen LogP contribution in [0.1, 0.15) is 30.8 Å². The number of alkyl halides is 2. The SMILES string of the molecule is CC(C)N1CCC(N(C)C(=O)c2ccnn2CC(F)F)C1. The average molecular weight is 300 g/mol. The van der Waals surface area contributed by atoms with Crippen LogP contribution < -0.4 is 0 Å². The zero-order valence-corrected chi connectivity index (χ0v) is 12.7. The van der Waals surface area contributed by atoms with E-state index in [4.69, 9.17) is 0 Å². The van der Waals surface area contributed by atoms with Gasteiger partial charge in [-0.2, -0.15) is 5.10 Å². The molecule has 0 bridgehead atoms. The van der Waals surface area contributed by atoms with Crippen molar-refractivity contribution in [2.45, 2.75) is 45.3 Å². The fourth-order valence-electron chi connectivity index (χ4n) is 2.69. The van der Waals surface area contributed by atoms with Crippen molar-refractivity contribution in [2.24, 2.45) is 0 Å². The highest BCUT2D eigenvalue weighted by atomic mass is 19.3. The number of carbonyl (C=O) groups excluding carboxylic acids is 1.